The number of benzene rings is 1. The molecule has 1 nitrogen and oxygen atoms in total. The average Bonchev–Trinajstić information content (AvgIpc) is 2.19. The first-order valence-corrected chi connectivity index (χ1v) is 6.94. The Morgan fingerprint density at radius 1 is 1.36 bits per heavy atom. The number of thioether (sulfide) groups is 2. The maximum absolute atomic E-state index is 4.68. The van der Waals surface area contributed by atoms with Gasteiger partial charge in [0.25, 0.3) is 0 Å². The van der Waals surface area contributed by atoms with Crippen molar-refractivity contribution >= 4 is 34.3 Å². The third-order valence-corrected chi connectivity index (χ3v) is 4.05. The molecule has 74 valence electrons. The van der Waals surface area contributed by atoms with Gasteiger partial charge in [0, 0.05) is 4.90 Å². The minimum absolute atomic E-state index is 1.13. The molecule has 0 saturated heterocycles. The fourth-order valence-corrected chi connectivity index (χ4v) is 2.90. The second-order valence-electron chi connectivity index (χ2n) is 3.13. The minimum atomic E-state index is 1.13. The van der Waals surface area contributed by atoms with Crippen LogP contribution < -0.4 is 0 Å². The third-order valence-electron chi connectivity index (χ3n) is 2.14. The predicted octanol–water partition coefficient (Wildman–Crippen LogP) is 3.97. The lowest BCUT2D eigenvalue weighted by molar-refractivity contribution is 1.01. The van der Waals surface area contributed by atoms with Crippen molar-refractivity contribution in [1.29, 1.82) is 0 Å². The summed E-state index contributed by atoms with van der Waals surface area (Å²) in [6, 6.07) is 8.40. The molecule has 0 saturated carbocycles. The second kappa shape index (κ2) is 4.89. The first-order chi connectivity index (χ1) is 6.90. The molecular weight excluding hydrogens is 210 g/mol. The summed E-state index contributed by atoms with van der Waals surface area (Å²) in [5.41, 5.74) is 1.14. The predicted molar refractivity (Wildman–Crippen MR) is 67.0 cm³/mol. The summed E-state index contributed by atoms with van der Waals surface area (Å²) in [5.74, 6) is 1.20. The quantitative estimate of drug-likeness (QED) is 0.660. The van der Waals surface area contributed by atoms with Gasteiger partial charge in [-0.05, 0) is 37.0 Å². The zero-order valence-electron chi connectivity index (χ0n) is 8.19. The standard InChI is InChI=1S/C11H13NS2/c1-13-11-7-4-8-14-10-6-3-2-5-9(10)12-11/h2-3,5-6H,4,7-8H2,1H3/b12-11+. The Kier molecular flexibility index (Phi) is 3.54. The summed E-state index contributed by atoms with van der Waals surface area (Å²) in [4.78, 5) is 5.99. The van der Waals surface area contributed by atoms with E-state index in [1.54, 1.807) is 11.8 Å². The van der Waals surface area contributed by atoms with E-state index < -0.39 is 0 Å². The van der Waals surface area contributed by atoms with Gasteiger partial charge < -0.3 is 0 Å². The first kappa shape index (κ1) is 10.1. The molecule has 0 amide bonds. The lowest BCUT2D eigenvalue weighted by atomic mass is 10.3. The van der Waals surface area contributed by atoms with Crippen molar-refractivity contribution < 1.29 is 0 Å². The monoisotopic (exact) mass is 223 g/mol. The summed E-state index contributed by atoms with van der Waals surface area (Å²) in [5, 5.41) is 1.26. The van der Waals surface area contributed by atoms with Gasteiger partial charge in [-0.1, -0.05) is 12.1 Å². The van der Waals surface area contributed by atoms with E-state index in [1.165, 1.54) is 22.1 Å². The van der Waals surface area contributed by atoms with E-state index in [1.807, 2.05) is 11.8 Å². The number of aliphatic imine (C=N–C) groups is 1. The van der Waals surface area contributed by atoms with E-state index in [2.05, 4.69) is 35.5 Å². The molecule has 1 heterocycles. The summed E-state index contributed by atoms with van der Waals surface area (Å²) >= 11 is 3.69. The number of hydrogen-bond acceptors (Lipinski definition) is 3. The van der Waals surface area contributed by atoms with Gasteiger partial charge in [0.1, 0.15) is 0 Å². The Labute approximate surface area is 93.4 Å². The molecule has 0 radical (unpaired) electrons. The maximum Gasteiger partial charge on any atom is 0.0775 e. The highest BCUT2D eigenvalue weighted by Gasteiger charge is 2.07. The molecule has 0 bridgehead atoms. The van der Waals surface area contributed by atoms with Gasteiger partial charge in [0.2, 0.25) is 0 Å². The van der Waals surface area contributed by atoms with Crippen LogP contribution in [0.25, 0.3) is 0 Å². The van der Waals surface area contributed by atoms with Crippen molar-refractivity contribution in [2.45, 2.75) is 17.7 Å². The van der Waals surface area contributed by atoms with E-state index in [4.69, 9.17) is 0 Å². The van der Waals surface area contributed by atoms with E-state index in [0.717, 1.165) is 12.1 Å². The van der Waals surface area contributed by atoms with Crippen LogP contribution in [0.4, 0.5) is 5.69 Å². The van der Waals surface area contributed by atoms with Gasteiger partial charge in [-0.25, -0.2) is 4.99 Å². The molecular formula is C11H13NS2. The van der Waals surface area contributed by atoms with Gasteiger partial charge in [0.15, 0.2) is 0 Å². The van der Waals surface area contributed by atoms with Crippen molar-refractivity contribution in [2.24, 2.45) is 4.99 Å². The van der Waals surface area contributed by atoms with Crippen LogP contribution in [0.1, 0.15) is 12.8 Å². The normalized spacial score (nSPS) is 20.2. The summed E-state index contributed by atoms with van der Waals surface area (Å²) in [6.45, 7) is 0. The molecule has 1 aromatic rings. The zero-order chi connectivity index (χ0) is 9.80. The number of hydrogen-bond donors (Lipinski definition) is 0. The summed E-state index contributed by atoms with van der Waals surface area (Å²) < 4.78 is 0. The lowest BCUT2D eigenvalue weighted by Gasteiger charge is -2.11. The molecule has 0 unspecified atom stereocenters. The average molecular weight is 223 g/mol. The molecule has 1 aliphatic rings. The van der Waals surface area contributed by atoms with Crippen molar-refractivity contribution in [3.8, 4) is 0 Å². The van der Waals surface area contributed by atoms with Gasteiger partial charge in [-0.2, -0.15) is 0 Å². The van der Waals surface area contributed by atoms with Crippen LogP contribution in [0.3, 0.4) is 0 Å². The molecule has 0 N–H and O–H groups in total. The van der Waals surface area contributed by atoms with E-state index in [0.29, 0.717) is 0 Å². The molecule has 0 atom stereocenters. The minimum Gasteiger partial charge on any atom is -0.245 e. The summed E-state index contributed by atoms with van der Waals surface area (Å²) in [6.07, 6.45) is 4.47. The zero-order valence-corrected chi connectivity index (χ0v) is 9.83. The Balaban J connectivity index is 2.38. The number of nitrogens with zero attached hydrogens (tertiary/aromatic N) is 1. The molecule has 2 rings (SSSR count). The second-order valence-corrected chi connectivity index (χ2v) is 5.15. The van der Waals surface area contributed by atoms with Crippen molar-refractivity contribution in [3.63, 3.8) is 0 Å². The highest BCUT2D eigenvalue weighted by molar-refractivity contribution is 8.13. The van der Waals surface area contributed by atoms with Crippen molar-refractivity contribution in [2.75, 3.05) is 12.0 Å². The molecule has 1 aromatic carbocycles. The van der Waals surface area contributed by atoms with Gasteiger partial charge >= 0.3 is 0 Å². The largest absolute Gasteiger partial charge is 0.245 e. The van der Waals surface area contributed by atoms with Crippen LogP contribution in [0.15, 0.2) is 34.2 Å². The third kappa shape index (κ3) is 2.34. The van der Waals surface area contributed by atoms with Crippen molar-refractivity contribution in [1.82, 2.24) is 0 Å². The fraction of sp³-hybridized carbons (Fsp3) is 0.364. The Hall–Kier alpha value is -0.410. The molecule has 3 heteroatoms. The van der Waals surface area contributed by atoms with Crippen molar-refractivity contribution in [3.05, 3.63) is 24.3 Å². The van der Waals surface area contributed by atoms with E-state index in [-0.39, 0.29) is 0 Å². The highest BCUT2D eigenvalue weighted by Crippen LogP contribution is 2.33. The van der Waals surface area contributed by atoms with Crippen LogP contribution in [-0.4, -0.2) is 17.1 Å². The van der Waals surface area contributed by atoms with E-state index in [9.17, 15) is 0 Å². The molecule has 0 fully saturated rings. The van der Waals surface area contributed by atoms with Crippen LogP contribution in [0.5, 0.6) is 0 Å². The SMILES string of the molecule is CS/C1=N/c2ccccc2SCCC1. The van der Waals surface area contributed by atoms with Gasteiger partial charge in [-0.15, -0.1) is 23.5 Å². The topological polar surface area (TPSA) is 12.4 Å². The highest BCUT2D eigenvalue weighted by atomic mass is 32.2. The molecule has 1 aliphatic heterocycles. The number of para-hydroxylation sites is 1. The molecule has 14 heavy (non-hydrogen) atoms. The molecule has 0 spiro atoms. The first-order valence-electron chi connectivity index (χ1n) is 4.73. The van der Waals surface area contributed by atoms with Crippen LogP contribution in [-0.2, 0) is 0 Å². The van der Waals surface area contributed by atoms with Gasteiger partial charge in [-0.3, -0.25) is 0 Å². The van der Waals surface area contributed by atoms with Crippen LogP contribution in [0.2, 0.25) is 0 Å². The number of rotatable bonds is 0. The Morgan fingerprint density at radius 2 is 2.21 bits per heavy atom. The maximum atomic E-state index is 4.68. The molecule has 0 aromatic heterocycles. The Morgan fingerprint density at radius 3 is 3.07 bits per heavy atom. The summed E-state index contributed by atoms with van der Waals surface area (Å²) in [7, 11) is 0. The van der Waals surface area contributed by atoms with Crippen LogP contribution in [0, 0.1) is 0 Å². The number of fused-ring (bicyclic) bond motifs is 1. The van der Waals surface area contributed by atoms with E-state index >= 15 is 0 Å². The van der Waals surface area contributed by atoms with Crippen LogP contribution >= 0.6 is 23.5 Å². The van der Waals surface area contributed by atoms with Gasteiger partial charge in [0.05, 0.1) is 10.7 Å². The molecule has 0 aliphatic carbocycles. The lowest BCUT2D eigenvalue weighted by Crippen LogP contribution is -1.95. The Bertz CT molecular complexity index is 347. The fourth-order valence-electron chi connectivity index (χ4n) is 1.42. The smallest absolute Gasteiger partial charge is 0.0775 e.